The fraction of sp³-hybridized carbons (Fsp3) is 0.0667. The van der Waals surface area contributed by atoms with E-state index in [0.29, 0.717) is 5.82 Å². The number of nitrogens with two attached hydrogens (primary N) is 1. The minimum absolute atomic E-state index is 0.609. The van der Waals surface area contributed by atoms with Crippen molar-refractivity contribution in [1.82, 2.24) is 19.7 Å². The number of nitrogens with zero attached hydrogens (tertiary/aromatic N) is 3. The van der Waals surface area contributed by atoms with Gasteiger partial charge in [0.15, 0.2) is 0 Å². The molecule has 4 aromatic rings. The van der Waals surface area contributed by atoms with Crippen LogP contribution >= 0.6 is 11.3 Å². The number of anilines is 1. The van der Waals surface area contributed by atoms with Crippen molar-refractivity contribution in [2.24, 2.45) is 7.05 Å². The highest BCUT2D eigenvalue weighted by Crippen LogP contribution is 2.36. The maximum Gasteiger partial charge on any atom is 0.144 e. The Bertz CT molecular complexity index is 884. The third-order valence-electron chi connectivity index (χ3n) is 3.47. The van der Waals surface area contributed by atoms with E-state index >= 15 is 0 Å². The Kier molecular flexibility index (Phi) is 2.58. The zero-order valence-electron chi connectivity index (χ0n) is 11.4. The van der Waals surface area contributed by atoms with Gasteiger partial charge in [-0.25, -0.2) is 4.98 Å². The van der Waals surface area contributed by atoms with E-state index in [4.69, 9.17) is 5.73 Å². The van der Waals surface area contributed by atoms with Crippen LogP contribution in [0.25, 0.3) is 33.0 Å². The van der Waals surface area contributed by atoms with Crippen LogP contribution in [0.15, 0.2) is 41.8 Å². The fourth-order valence-corrected chi connectivity index (χ4v) is 3.14. The summed E-state index contributed by atoms with van der Waals surface area (Å²) in [5.41, 5.74) is 9.85. The summed E-state index contributed by atoms with van der Waals surface area (Å²) < 4.78 is 1.69. The summed E-state index contributed by atoms with van der Waals surface area (Å²) in [4.78, 5) is 9.05. The molecular weight excluding hydrogens is 282 g/mol. The number of aromatic nitrogens is 4. The molecule has 1 aromatic carbocycles. The molecule has 5 nitrogen and oxygen atoms in total. The number of nitrogens with one attached hydrogen (secondary N) is 1. The Labute approximate surface area is 125 Å². The monoisotopic (exact) mass is 295 g/mol. The van der Waals surface area contributed by atoms with Crippen molar-refractivity contribution in [3.8, 4) is 22.0 Å². The molecule has 0 saturated heterocycles. The second-order valence-electron chi connectivity index (χ2n) is 4.81. The molecule has 0 fully saturated rings. The zero-order chi connectivity index (χ0) is 14.4. The van der Waals surface area contributed by atoms with Crippen LogP contribution < -0.4 is 5.73 Å². The van der Waals surface area contributed by atoms with Crippen LogP contribution in [0.3, 0.4) is 0 Å². The van der Waals surface area contributed by atoms with Gasteiger partial charge in [0.25, 0.3) is 0 Å². The lowest BCUT2D eigenvalue weighted by atomic mass is 10.2. The Balaban J connectivity index is 1.99. The van der Waals surface area contributed by atoms with Gasteiger partial charge in [0.2, 0.25) is 0 Å². The molecule has 4 rings (SSSR count). The summed E-state index contributed by atoms with van der Waals surface area (Å²) in [5.74, 6) is 1.36. The molecule has 3 N–H and O–H groups in total. The van der Waals surface area contributed by atoms with Crippen molar-refractivity contribution >= 4 is 28.2 Å². The summed E-state index contributed by atoms with van der Waals surface area (Å²) in [6, 6.07) is 12.0. The summed E-state index contributed by atoms with van der Waals surface area (Å²) >= 11 is 1.64. The summed E-state index contributed by atoms with van der Waals surface area (Å²) in [6.45, 7) is 0. The first-order chi connectivity index (χ1) is 10.2. The van der Waals surface area contributed by atoms with E-state index < -0.39 is 0 Å². The molecule has 0 amide bonds. The number of rotatable bonds is 2. The van der Waals surface area contributed by atoms with Gasteiger partial charge >= 0.3 is 0 Å². The number of benzene rings is 1. The Hall–Kier alpha value is -2.60. The van der Waals surface area contributed by atoms with Crippen LogP contribution in [0.1, 0.15) is 0 Å². The third kappa shape index (κ3) is 1.84. The van der Waals surface area contributed by atoms with Crippen molar-refractivity contribution in [3.63, 3.8) is 0 Å². The number of H-pyrrole nitrogens is 1. The van der Waals surface area contributed by atoms with Crippen LogP contribution in [0.2, 0.25) is 0 Å². The summed E-state index contributed by atoms with van der Waals surface area (Å²) in [7, 11) is 1.85. The Morgan fingerprint density at radius 1 is 1.19 bits per heavy atom. The largest absolute Gasteiger partial charge is 0.383 e. The average molecular weight is 295 g/mol. The number of para-hydroxylation sites is 2. The van der Waals surface area contributed by atoms with Gasteiger partial charge in [-0.1, -0.05) is 18.2 Å². The van der Waals surface area contributed by atoms with Gasteiger partial charge in [-0.05, 0) is 23.6 Å². The molecule has 6 heteroatoms. The van der Waals surface area contributed by atoms with Gasteiger partial charge in [0.1, 0.15) is 17.3 Å². The predicted molar refractivity (Wildman–Crippen MR) is 86.0 cm³/mol. The highest BCUT2D eigenvalue weighted by atomic mass is 32.1. The highest BCUT2D eigenvalue weighted by molar-refractivity contribution is 7.13. The first-order valence-electron chi connectivity index (χ1n) is 6.55. The molecule has 104 valence electrons. The van der Waals surface area contributed by atoms with Gasteiger partial charge < -0.3 is 10.7 Å². The molecule has 0 aliphatic heterocycles. The quantitative estimate of drug-likeness (QED) is 0.596. The molecule has 0 aliphatic carbocycles. The number of imidazole rings is 1. The van der Waals surface area contributed by atoms with E-state index in [0.717, 1.165) is 33.0 Å². The van der Waals surface area contributed by atoms with E-state index in [1.807, 2.05) is 48.8 Å². The number of thiophene rings is 1. The van der Waals surface area contributed by atoms with E-state index in [9.17, 15) is 0 Å². The minimum atomic E-state index is 0.609. The topological polar surface area (TPSA) is 72.5 Å². The second-order valence-corrected chi connectivity index (χ2v) is 5.76. The smallest absolute Gasteiger partial charge is 0.144 e. The van der Waals surface area contributed by atoms with Crippen LogP contribution in [-0.4, -0.2) is 19.7 Å². The molecule has 0 saturated carbocycles. The molecule has 0 spiro atoms. The van der Waals surface area contributed by atoms with Crippen molar-refractivity contribution in [3.05, 3.63) is 41.8 Å². The maximum absolute atomic E-state index is 6.21. The first-order valence-corrected chi connectivity index (χ1v) is 7.43. The van der Waals surface area contributed by atoms with Crippen LogP contribution in [0.5, 0.6) is 0 Å². The Morgan fingerprint density at radius 2 is 2.05 bits per heavy atom. The van der Waals surface area contributed by atoms with Crippen molar-refractivity contribution in [2.45, 2.75) is 0 Å². The number of aryl methyl sites for hydroxylation is 1. The molecular formula is C15H13N5S. The molecule has 0 atom stereocenters. The van der Waals surface area contributed by atoms with Gasteiger partial charge in [-0.2, -0.15) is 5.10 Å². The van der Waals surface area contributed by atoms with Crippen molar-refractivity contribution < 1.29 is 0 Å². The molecule has 3 aromatic heterocycles. The van der Waals surface area contributed by atoms with Gasteiger partial charge in [0, 0.05) is 7.05 Å². The lowest BCUT2D eigenvalue weighted by molar-refractivity contribution is 0.783. The molecule has 0 bridgehead atoms. The second kappa shape index (κ2) is 4.46. The molecule has 0 radical (unpaired) electrons. The number of hydrogen-bond acceptors (Lipinski definition) is 4. The normalized spacial score (nSPS) is 11.3. The number of nitrogen functional groups attached to an aromatic ring is 1. The van der Waals surface area contributed by atoms with E-state index in [2.05, 4.69) is 15.1 Å². The Morgan fingerprint density at radius 3 is 2.81 bits per heavy atom. The predicted octanol–water partition coefficient (Wildman–Crippen LogP) is 3.27. The first kappa shape index (κ1) is 12.2. The van der Waals surface area contributed by atoms with Gasteiger partial charge in [-0.3, -0.25) is 4.68 Å². The fourth-order valence-electron chi connectivity index (χ4n) is 2.43. The summed E-state index contributed by atoms with van der Waals surface area (Å²) in [5, 5.41) is 6.57. The minimum Gasteiger partial charge on any atom is -0.383 e. The van der Waals surface area contributed by atoms with Crippen LogP contribution in [-0.2, 0) is 7.05 Å². The lowest BCUT2D eigenvalue weighted by Gasteiger charge is -1.98. The van der Waals surface area contributed by atoms with Crippen LogP contribution in [0.4, 0.5) is 5.82 Å². The standard InChI is InChI=1S/C15H13N5S/c1-20-14(16)12(13(19-20)11-7-4-8-21-11)15-17-9-5-2-3-6-10(9)18-15/h2-8H,16H2,1H3,(H,17,18). The van der Waals surface area contributed by atoms with E-state index in [-0.39, 0.29) is 0 Å². The van der Waals surface area contributed by atoms with Gasteiger partial charge in [0.05, 0.1) is 21.5 Å². The van der Waals surface area contributed by atoms with Crippen molar-refractivity contribution in [2.75, 3.05) is 5.73 Å². The summed E-state index contributed by atoms with van der Waals surface area (Å²) in [6.07, 6.45) is 0. The SMILES string of the molecule is Cn1nc(-c2cccs2)c(-c2nc3ccccc3[nH]2)c1N. The molecule has 0 unspecified atom stereocenters. The lowest BCUT2D eigenvalue weighted by Crippen LogP contribution is -1.98. The number of fused-ring (bicyclic) bond motifs is 1. The van der Waals surface area contributed by atoms with Crippen molar-refractivity contribution in [1.29, 1.82) is 0 Å². The molecule has 21 heavy (non-hydrogen) atoms. The zero-order valence-corrected chi connectivity index (χ0v) is 12.2. The number of hydrogen-bond donors (Lipinski definition) is 2. The van der Waals surface area contributed by atoms with Crippen LogP contribution in [0, 0.1) is 0 Å². The number of aromatic amines is 1. The van der Waals surface area contributed by atoms with E-state index in [1.54, 1.807) is 16.0 Å². The highest BCUT2D eigenvalue weighted by Gasteiger charge is 2.20. The molecule has 0 aliphatic rings. The van der Waals surface area contributed by atoms with E-state index in [1.165, 1.54) is 0 Å². The van der Waals surface area contributed by atoms with Gasteiger partial charge in [-0.15, -0.1) is 11.3 Å². The third-order valence-corrected chi connectivity index (χ3v) is 4.35. The maximum atomic E-state index is 6.21. The molecule has 3 heterocycles. The average Bonchev–Trinajstić information content (AvgIpc) is 3.18.